The first-order chi connectivity index (χ1) is 8.70. The van der Waals surface area contributed by atoms with Gasteiger partial charge >= 0.3 is 0 Å². The Morgan fingerprint density at radius 2 is 2.44 bits per heavy atom. The molecule has 1 aromatic heterocycles. The van der Waals surface area contributed by atoms with E-state index in [2.05, 4.69) is 11.4 Å². The van der Waals surface area contributed by atoms with Gasteiger partial charge in [0.05, 0.1) is 12.6 Å². The number of ether oxygens (including phenoxy) is 1. The summed E-state index contributed by atoms with van der Waals surface area (Å²) < 4.78 is 5.90. The largest absolute Gasteiger partial charge is 0.367 e. The number of hydrogen-bond acceptors (Lipinski definition) is 4. The fourth-order valence-electron chi connectivity index (χ4n) is 2.21. The Bertz CT molecular complexity index is 380. The molecule has 1 amide bonds. The van der Waals surface area contributed by atoms with Gasteiger partial charge in [-0.15, -0.1) is 0 Å². The molecule has 18 heavy (non-hydrogen) atoms. The minimum absolute atomic E-state index is 0.0156. The Labute approximate surface area is 112 Å². The summed E-state index contributed by atoms with van der Waals surface area (Å²) >= 11 is 1.66. The van der Waals surface area contributed by atoms with Gasteiger partial charge in [-0.1, -0.05) is 0 Å². The van der Waals surface area contributed by atoms with Gasteiger partial charge in [0, 0.05) is 13.0 Å². The van der Waals surface area contributed by atoms with Crippen LogP contribution in [-0.4, -0.2) is 36.5 Å². The molecule has 0 saturated carbocycles. The Balaban J connectivity index is 1.98. The number of nitrogens with zero attached hydrogens (tertiary/aromatic N) is 1. The van der Waals surface area contributed by atoms with Crippen LogP contribution in [0.1, 0.15) is 31.4 Å². The molecule has 1 aromatic rings. The fourth-order valence-corrected chi connectivity index (χ4v) is 2.91. The number of rotatable bonds is 4. The lowest BCUT2D eigenvalue weighted by Gasteiger charge is -2.36. The summed E-state index contributed by atoms with van der Waals surface area (Å²) in [6.07, 6.45) is 1.40. The molecule has 5 heteroatoms. The highest BCUT2D eigenvalue weighted by atomic mass is 32.1. The fraction of sp³-hybridized carbons (Fsp3) is 0.615. The molecular weight excluding hydrogens is 248 g/mol. The van der Waals surface area contributed by atoms with Crippen LogP contribution < -0.4 is 5.73 Å². The van der Waals surface area contributed by atoms with Crippen LogP contribution in [0.25, 0.3) is 0 Å². The van der Waals surface area contributed by atoms with E-state index in [1.807, 2.05) is 17.2 Å². The van der Waals surface area contributed by atoms with E-state index in [1.54, 1.807) is 11.3 Å². The predicted molar refractivity (Wildman–Crippen MR) is 72.5 cm³/mol. The second kappa shape index (κ2) is 6.31. The second-order valence-corrected chi connectivity index (χ2v) is 5.46. The van der Waals surface area contributed by atoms with Gasteiger partial charge in [-0.2, -0.15) is 11.3 Å². The van der Waals surface area contributed by atoms with Crippen molar-refractivity contribution in [3.63, 3.8) is 0 Å². The van der Waals surface area contributed by atoms with Gasteiger partial charge in [0.15, 0.2) is 0 Å². The average Bonchev–Trinajstić information content (AvgIpc) is 2.89. The number of hydrogen-bond donors (Lipinski definition) is 1. The van der Waals surface area contributed by atoms with E-state index in [0.717, 1.165) is 6.42 Å². The summed E-state index contributed by atoms with van der Waals surface area (Å²) in [7, 11) is 0. The maximum atomic E-state index is 12.0. The van der Waals surface area contributed by atoms with Gasteiger partial charge in [0.25, 0.3) is 0 Å². The van der Waals surface area contributed by atoms with E-state index in [9.17, 15) is 4.79 Å². The molecule has 0 radical (unpaired) electrons. The highest BCUT2D eigenvalue weighted by Crippen LogP contribution is 2.27. The third-order valence-electron chi connectivity index (χ3n) is 3.12. The molecule has 1 aliphatic heterocycles. The topological polar surface area (TPSA) is 55.6 Å². The lowest BCUT2D eigenvalue weighted by Crippen LogP contribution is -2.45. The van der Waals surface area contributed by atoms with E-state index < -0.39 is 0 Å². The number of carbonyl (C=O) groups excluding carboxylic acids is 1. The summed E-state index contributed by atoms with van der Waals surface area (Å²) in [6.45, 7) is 3.93. The van der Waals surface area contributed by atoms with E-state index in [-0.39, 0.29) is 18.1 Å². The van der Waals surface area contributed by atoms with Gasteiger partial charge < -0.3 is 15.4 Å². The molecular formula is C13H20N2O2S. The summed E-state index contributed by atoms with van der Waals surface area (Å²) in [5.41, 5.74) is 6.61. The quantitative estimate of drug-likeness (QED) is 0.905. The van der Waals surface area contributed by atoms with Crippen LogP contribution in [0.5, 0.6) is 0 Å². The number of thiophene rings is 1. The van der Waals surface area contributed by atoms with E-state index >= 15 is 0 Å². The van der Waals surface area contributed by atoms with Crippen molar-refractivity contribution < 1.29 is 9.53 Å². The van der Waals surface area contributed by atoms with Crippen molar-refractivity contribution in [3.8, 4) is 0 Å². The molecule has 0 aromatic carbocycles. The highest BCUT2D eigenvalue weighted by Gasteiger charge is 2.29. The molecule has 2 atom stereocenters. The van der Waals surface area contributed by atoms with E-state index in [1.165, 1.54) is 5.56 Å². The van der Waals surface area contributed by atoms with Crippen molar-refractivity contribution in [1.82, 2.24) is 4.90 Å². The maximum absolute atomic E-state index is 12.0. The molecule has 4 nitrogen and oxygen atoms in total. The van der Waals surface area contributed by atoms with Gasteiger partial charge in [-0.05, 0) is 42.3 Å². The lowest BCUT2D eigenvalue weighted by molar-refractivity contribution is -0.144. The number of nitrogens with two attached hydrogens (primary N) is 1. The van der Waals surface area contributed by atoms with Crippen LogP contribution in [0, 0.1) is 0 Å². The normalized spacial score (nSPS) is 24.2. The zero-order valence-corrected chi connectivity index (χ0v) is 11.5. The first-order valence-corrected chi connectivity index (χ1v) is 7.30. The van der Waals surface area contributed by atoms with Crippen molar-refractivity contribution in [1.29, 1.82) is 0 Å². The lowest BCUT2D eigenvalue weighted by atomic mass is 10.1. The molecule has 2 rings (SSSR count). The molecule has 0 aliphatic carbocycles. The van der Waals surface area contributed by atoms with E-state index in [0.29, 0.717) is 26.1 Å². The van der Waals surface area contributed by atoms with Gasteiger partial charge in [-0.3, -0.25) is 4.79 Å². The third kappa shape index (κ3) is 3.31. The highest BCUT2D eigenvalue weighted by molar-refractivity contribution is 7.07. The minimum Gasteiger partial charge on any atom is -0.367 e. The van der Waals surface area contributed by atoms with Crippen molar-refractivity contribution in [2.75, 3.05) is 19.6 Å². The minimum atomic E-state index is 0.0156. The third-order valence-corrected chi connectivity index (χ3v) is 3.82. The first kappa shape index (κ1) is 13.5. The Morgan fingerprint density at radius 3 is 3.11 bits per heavy atom. The first-order valence-electron chi connectivity index (χ1n) is 6.36. The van der Waals surface area contributed by atoms with Crippen molar-refractivity contribution >= 4 is 17.2 Å². The summed E-state index contributed by atoms with van der Waals surface area (Å²) in [5.74, 6) is 0.191. The molecule has 2 N–H and O–H groups in total. The van der Waals surface area contributed by atoms with Gasteiger partial charge in [-0.25, -0.2) is 0 Å². The zero-order chi connectivity index (χ0) is 13.0. The Hall–Kier alpha value is -0.910. The summed E-state index contributed by atoms with van der Waals surface area (Å²) in [5, 5.41) is 4.13. The van der Waals surface area contributed by atoms with Crippen LogP contribution in [0.15, 0.2) is 16.8 Å². The monoisotopic (exact) mass is 268 g/mol. The van der Waals surface area contributed by atoms with Crippen molar-refractivity contribution in [2.24, 2.45) is 5.73 Å². The van der Waals surface area contributed by atoms with Crippen LogP contribution in [-0.2, 0) is 9.53 Å². The number of morpholine rings is 1. The van der Waals surface area contributed by atoms with Crippen LogP contribution in [0.4, 0.5) is 0 Å². The van der Waals surface area contributed by atoms with Gasteiger partial charge in [0.1, 0.15) is 6.10 Å². The SMILES string of the molecule is C[C@H]1CN(C(=O)CCCN)C[C@@H](c2ccsc2)O1. The summed E-state index contributed by atoms with van der Waals surface area (Å²) in [4.78, 5) is 13.9. The Kier molecular flexibility index (Phi) is 4.74. The molecule has 1 aliphatic rings. The number of carbonyl (C=O) groups is 1. The molecule has 100 valence electrons. The zero-order valence-electron chi connectivity index (χ0n) is 10.7. The van der Waals surface area contributed by atoms with Gasteiger partial charge in [0.2, 0.25) is 5.91 Å². The molecule has 0 bridgehead atoms. The maximum Gasteiger partial charge on any atom is 0.222 e. The number of amides is 1. The average molecular weight is 268 g/mol. The Morgan fingerprint density at radius 1 is 1.61 bits per heavy atom. The molecule has 1 fully saturated rings. The standard InChI is InChI=1S/C13H20N2O2S/c1-10-7-15(13(16)3-2-5-14)8-12(17-10)11-4-6-18-9-11/h4,6,9-10,12H,2-3,5,7-8,14H2,1H3/t10-,12-/m0/s1. The predicted octanol–water partition coefficient (Wildman–Crippen LogP) is 1.78. The second-order valence-electron chi connectivity index (χ2n) is 4.68. The van der Waals surface area contributed by atoms with Crippen molar-refractivity contribution in [3.05, 3.63) is 22.4 Å². The molecule has 0 unspecified atom stereocenters. The molecule has 1 saturated heterocycles. The van der Waals surface area contributed by atoms with Crippen molar-refractivity contribution in [2.45, 2.75) is 32.0 Å². The molecule has 2 heterocycles. The van der Waals surface area contributed by atoms with Crippen LogP contribution in [0.2, 0.25) is 0 Å². The smallest absolute Gasteiger partial charge is 0.222 e. The summed E-state index contributed by atoms with van der Waals surface area (Å²) in [6, 6.07) is 2.07. The van der Waals surface area contributed by atoms with Crippen LogP contribution in [0.3, 0.4) is 0 Å². The van der Waals surface area contributed by atoms with E-state index in [4.69, 9.17) is 10.5 Å². The van der Waals surface area contributed by atoms with Crippen LogP contribution >= 0.6 is 11.3 Å². The molecule has 0 spiro atoms.